The quantitative estimate of drug-likeness (QED) is 0.356. The number of hydrogen-bond donors (Lipinski definition) is 2. The number of rotatable bonds is 7. The normalized spacial score (nSPS) is 10.2. The van der Waals surface area contributed by atoms with Crippen LogP contribution in [0.3, 0.4) is 0 Å². The third-order valence-corrected chi connectivity index (χ3v) is 4.47. The molecule has 0 aromatic heterocycles. The van der Waals surface area contributed by atoms with Crippen LogP contribution >= 0.6 is 35.4 Å². The third-order valence-electron chi connectivity index (χ3n) is 3.83. The van der Waals surface area contributed by atoms with Crippen LogP contribution in [0.15, 0.2) is 72.8 Å². The van der Waals surface area contributed by atoms with Crippen molar-refractivity contribution in [1.29, 1.82) is 0 Å². The highest BCUT2D eigenvalue weighted by atomic mass is 35.5. The first-order valence-corrected chi connectivity index (χ1v) is 10.2. The first-order chi connectivity index (χ1) is 14.5. The van der Waals surface area contributed by atoms with Gasteiger partial charge in [0, 0.05) is 21.3 Å². The molecule has 154 valence electrons. The van der Waals surface area contributed by atoms with Crippen molar-refractivity contribution < 1.29 is 14.3 Å². The molecular formula is C22H18Cl2N2O3S. The summed E-state index contributed by atoms with van der Waals surface area (Å²) >= 11 is 17.1. The summed E-state index contributed by atoms with van der Waals surface area (Å²) in [4.78, 5) is 12.4. The van der Waals surface area contributed by atoms with Gasteiger partial charge in [0.15, 0.2) is 5.11 Å². The minimum atomic E-state index is -0.348. The Labute approximate surface area is 189 Å². The largest absolute Gasteiger partial charge is 0.490 e. The van der Waals surface area contributed by atoms with Gasteiger partial charge in [0.25, 0.3) is 5.91 Å². The summed E-state index contributed by atoms with van der Waals surface area (Å²) in [6.45, 7) is 0.802. The number of halogens is 2. The van der Waals surface area contributed by atoms with Crippen LogP contribution in [0.1, 0.15) is 10.4 Å². The lowest BCUT2D eigenvalue weighted by Gasteiger charge is -2.11. The van der Waals surface area contributed by atoms with E-state index in [2.05, 4.69) is 10.6 Å². The number of carbonyl (C=O) groups is 1. The third kappa shape index (κ3) is 6.91. The molecule has 0 bridgehead atoms. The second-order valence-electron chi connectivity index (χ2n) is 6.10. The monoisotopic (exact) mass is 460 g/mol. The molecule has 0 radical (unpaired) electrons. The van der Waals surface area contributed by atoms with Gasteiger partial charge in [-0.25, -0.2) is 0 Å². The molecule has 0 heterocycles. The number of carbonyl (C=O) groups excluding carboxylic acids is 1. The van der Waals surface area contributed by atoms with Crippen LogP contribution in [0.25, 0.3) is 0 Å². The average molecular weight is 461 g/mol. The number of ether oxygens (including phenoxy) is 2. The molecule has 30 heavy (non-hydrogen) atoms. The smallest absolute Gasteiger partial charge is 0.257 e. The Morgan fingerprint density at radius 1 is 0.833 bits per heavy atom. The topological polar surface area (TPSA) is 59.6 Å². The fourth-order valence-corrected chi connectivity index (χ4v) is 3.24. The van der Waals surface area contributed by atoms with Crippen molar-refractivity contribution in [2.24, 2.45) is 0 Å². The summed E-state index contributed by atoms with van der Waals surface area (Å²) in [5.74, 6) is 1.08. The van der Waals surface area contributed by atoms with Gasteiger partial charge >= 0.3 is 0 Å². The standard InChI is InChI=1S/C22H18Cl2N2O3S/c23-16-12-17(24)14-18(13-16)25-22(30)26-21(27)15-6-8-20(9-7-15)29-11-10-28-19-4-2-1-3-5-19/h1-9,12-14H,10-11H2,(H2,25,26,27,30). The highest BCUT2D eigenvalue weighted by molar-refractivity contribution is 7.80. The Balaban J connectivity index is 1.45. The lowest BCUT2D eigenvalue weighted by Crippen LogP contribution is -2.34. The van der Waals surface area contributed by atoms with Crippen molar-refractivity contribution in [3.05, 3.63) is 88.4 Å². The molecule has 0 spiro atoms. The fraction of sp³-hybridized carbons (Fsp3) is 0.0909. The van der Waals surface area contributed by atoms with Gasteiger partial charge in [0.1, 0.15) is 24.7 Å². The zero-order valence-electron chi connectivity index (χ0n) is 15.7. The van der Waals surface area contributed by atoms with Crippen molar-refractivity contribution in [1.82, 2.24) is 5.32 Å². The Kier molecular flexibility index (Phi) is 7.90. The van der Waals surface area contributed by atoms with Gasteiger partial charge in [0.05, 0.1) is 0 Å². The fourth-order valence-electron chi connectivity index (χ4n) is 2.50. The van der Waals surface area contributed by atoms with E-state index in [4.69, 9.17) is 44.9 Å². The lowest BCUT2D eigenvalue weighted by molar-refractivity contribution is 0.0977. The summed E-state index contributed by atoms with van der Waals surface area (Å²) in [5.41, 5.74) is 1.02. The van der Waals surface area contributed by atoms with Crippen LogP contribution in [-0.2, 0) is 0 Å². The van der Waals surface area contributed by atoms with Crippen LogP contribution in [0.4, 0.5) is 5.69 Å². The molecule has 8 heteroatoms. The van der Waals surface area contributed by atoms with E-state index in [0.29, 0.717) is 40.3 Å². The maximum absolute atomic E-state index is 12.4. The maximum Gasteiger partial charge on any atom is 0.257 e. The molecule has 3 aromatic carbocycles. The second-order valence-corrected chi connectivity index (χ2v) is 7.38. The highest BCUT2D eigenvalue weighted by Gasteiger charge is 2.09. The van der Waals surface area contributed by atoms with E-state index in [1.165, 1.54) is 0 Å². The second kappa shape index (κ2) is 10.8. The van der Waals surface area contributed by atoms with Gasteiger partial charge in [-0.3, -0.25) is 10.1 Å². The summed E-state index contributed by atoms with van der Waals surface area (Å²) in [5, 5.41) is 6.54. The Morgan fingerprint density at radius 3 is 2.00 bits per heavy atom. The van der Waals surface area contributed by atoms with Crippen LogP contribution in [-0.4, -0.2) is 24.2 Å². The van der Waals surface area contributed by atoms with E-state index >= 15 is 0 Å². The number of para-hydroxylation sites is 1. The number of anilines is 1. The van der Waals surface area contributed by atoms with Crippen LogP contribution in [0.5, 0.6) is 11.5 Å². The molecule has 0 aliphatic carbocycles. The molecule has 0 aliphatic rings. The molecule has 1 amide bonds. The van der Waals surface area contributed by atoms with Gasteiger partial charge in [-0.15, -0.1) is 0 Å². The molecule has 3 aromatic rings. The summed E-state index contributed by atoms with van der Waals surface area (Å²) in [6.07, 6.45) is 0. The van der Waals surface area contributed by atoms with E-state index in [9.17, 15) is 4.79 Å². The molecule has 3 rings (SSSR count). The van der Waals surface area contributed by atoms with Crippen LogP contribution in [0.2, 0.25) is 10.0 Å². The predicted octanol–water partition coefficient (Wildman–Crippen LogP) is 5.58. The van der Waals surface area contributed by atoms with Gasteiger partial charge in [0.2, 0.25) is 0 Å². The summed E-state index contributed by atoms with van der Waals surface area (Å²) in [7, 11) is 0. The van der Waals surface area contributed by atoms with Crippen molar-refractivity contribution in [3.63, 3.8) is 0 Å². The Morgan fingerprint density at radius 2 is 1.40 bits per heavy atom. The van der Waals surface area contributed by atoms with Crippen molar-refractivity contribution >= 4 is 52.1 Å². The van der Waals surface area contributed by atoms with Crippen LogP contribution in [0, 0.1) is 0 Å². The predicted molar refractivity (Wildman–Crippen MR) is 124 cm³/mol. The average Bonchev–Trinajstić information content (AvgIpc) is 2.71. The van der Waals surface area contributed by atoms with E-state index in [-0.39, 0.29) is 11.0 Å². The SMILES string of the molecule is O=C(NC(=S)Nc1cc(Cl)cc(Cl)c1)c1ccc(OCCOc2ccccc2)cc1. The minimum absolute atomic E-state index is 0.136. The molecule has 0 aliphatic heterocycles. The zero-order chi connectivity index (χ0) is 21.3. The summed E-state index contributed by atoms with van der Waals surface area (Å²) < 4.78 is 11.2. The van der Waals surface area contributed by atoms with E-state index < -0.39 is 0 Å². The number of benzene rings is 3. The maximum atomic E-state index is 12.4. The molecular weight excluding hydrogens is 443 g/mol. The van der Waals surface area contributed by atoms with E-state index in [0.717, 1.165) is 5.75 Å². The molecule has 5 nitrogen and oxygen atoms in total. The van der Waals surface area contributed by atoms with E-state index in [1.54, 1.807) is 42.5 Å². The van der Waals surface area contributed by atoms with Crippen molar-refractivity contribution in [2.45, 2.75) is 0 Å². The lowest BCUT2D eigenvalue weighted by atomic mass is 10.2. The molecule has 0 atom stereocenters. The zero-order valence-corrected chi connectivity index (χ0v) is 18.1. The first kappa shape index (κ1) is 21.9. The molecule has 0 fully saturated rings. The Bertz CT molecular complexity index is 994. The van der Waals surface area contributed by atoms with Gasteiger partial charge in [-0.2, -0.15) is 0 Å². The van der Waals surface area contributed by atoms with Crippen molar-refractivity contribution in [3.8, 4) is 11.5 Å². The number of nitrogens with one attached hydrogen (secondary N) is 2. The highest BCUT2D eigenvalue weighted by Crippen LogP contribution is 2.22. The Hall–Kier alpha value is -2.80. The van der Waals surface area contributed by atoms with Gasteiger partial charge < -0.3 is 14.8 Å². The van der Waals surface area contributed by atoms with Gasteiger partial charge in [-0.05, 0) is 66.8 Å². The molecule has 0 saturated carbocycles. The number of thiocarbonyl (C=S) groups is 1. The number of hydrogen-bond acceptors (Lipinski definition) is 4. The molecule has 0 saturated heterocycles. The number of amides is 1. The van der Waals surface area contributed by atoms with Gasteiger partial charge in [-0.1, -0.05) is 41.4 Å². The minimum Gasteiger partial charge on any atom is -0.490 e. The summed E-state index contributed by atoms with van der Waals surface area (Å²) in [6, 6.07) is 21.2. The van der Waals surface area contributed by atoms with Crippen LogP contribution < -0.4 is 20.1 Å². The molecule has 2 N–H and O–H groups in total. The first-order valence-electron chi connectivity index (χ1n) is 8.99. The van der Waals surface area contributed by atoms with E-state index in [1.807, 2.05) is 30.3 Å². The molecule has 0 unspecified atom stereocenters. The van der Waals surface area contributed by atoms with Crippen molar-refractivity contribution in [2.75, 3.05) is 18.5 Å².